The summed E-state index contributed by atoms with van der Waals surface area (Å²) in [6.45, 7) is 0.447. The summed E-state index contributed by atoms with van der Waals surface area (Å²) in [5.74, 6) is 0.882. The summed E-state index contributed by atoms with van der Waals surface area (Å²) >= 11 is 0. The molecule has 2 heterocycles. The average molecular weight is 283 g/mol. The molecule has 0 bridgehead atoms. The van der Waals surface area contributed by atoms with Gasteiger partial charge < -0.3 is 5.32 Å². The van der Waals surface area contributed by atoms with Crippen molar-refractivity contribution >= 4 is 5.91 Å². The monoisotopic (exact) mass is 283 g/mol. The van der Waals surface area contributed by atoms with Crippen LogP contribution in [0.1, 0.15) is 24.8 Å². The van der Waals surface area contributed by atoms with Crippen molar-refractivity contribution < 1.29 is 4.79 Å². The molecule has 0 radical (unpaired) electrons. The summed E-state index contributed by atoms with van der Waals surface area (Å²) < 4.78 is 1.60. The smallest absolute Gasteiger partial charge is 0.223 e. The van der Waals surface area contributed by atoms with Crippen LogP contribution in [0.2, 0.25) is 0 Å². The predicted molar refractivity (Wildman–Crippen MR) is 77.5 cm³/mol. The van der Waals surface area contributed by atoms with Crippen LogP contribution in [0.4, 0.5) is 0 Å². The third-order valence-corrected chi connectivity index (χ3v) is 3.60. The van der Waals surface area contributed by atoms with Crippen molar-refractivity contribution in [2.24, 2.45) is 5.92 Å². The predicted octanol–water partition coefficient (Wildman–Crippen LogP) is 1.63. The molecule has 1 N–H and O–H groups in total. The zero-order valence-corrected chi connectivity index (χ0v) is 11.6. The van der Waals surface area contributed by atoms with Crippen molar-refractivity contribution in [1.29, 1.82) is 0 Å². The molecule has 0 aromatic carbocycles. The molecule has 6 nitrogen and oxygen atoms in total. The summed E-state index contributed by atoms with van der Waals surface area (Å²) in [5.41, 5.74) is 0.919. The van der Waals surface area contributed by atoms with E-state index >= 15 is 0 Å². The number of carbonyl (C=O) groups excluding carboxylic acids is 1. The maximum absolute atomic E-state index is 12.2. The fraction of sp³-hybridized carbons (Fsp3) is 0.333. The standard InChI is InChI=1S/C15H17N5O/c21-15(12-5-2-1-3-6-12)18-9-13-7-4-8-17-14(13)20-11-16-10-19-20/h1-2,4,7-8,10-12H,3,5-6,9H2,(H,18,21)/t12-/m0/s1. The number of aromatic nitrogens is 4. The van der Waals surface area contributed by atoms with Crippen LogP contribution in [0, 0.1) is 5.92 Å². The second-order valence-corrected chi connectivity index (χ2v) is 5.03. The summed E-state index contributed by atoms with van der Waals surface area (Å²) in [6, 6.07) is 3.79. The second kappa shape index (κ2) is 6.30. The van der Waals surface area contributed by atoms with E-state index in [2.05, 4.69) is 32.5 Å². The molecule has 1 aliphatic rings. The largest absolute Gasteiger partial charge is 0.352 e. The first-order valence-electron chi connectivity index (χ1n) is 7.06. The molecule has 6 heteroatoms. The van der Waals surface area contributed by atoms with E-state index in [-0.39, 0.29) is 11.8 Å². The highest BCUT2D eigenvalue weighted by Crippen LogP contribution is 2.18. The molecular weight excluding hydrogens is 266 g/mol. The molecule has 0 spiro atoms. The van der Waals surface area contributed by atoms with Crippen molar-refractivity contribution in [3.05, 3.63) is 48.7 Å². The van der Waals surface area contributed by atoms with Gasteiger partial charge in [-0.15, -0.1) is 0 Å². The minimum absolute atomic E-state index is 0.0847. The lowest BCUT2D eigenvalue weighted by Gasteiger charge is -2.17. The van der Waals surface area contributed by atoms with Gasteiger partial charge in [-0.3, -0.25) is 4.79 Å². The van der Waals surface area contributed by atoms with E-state index in [4.69, 9.17) is 0 Å². The first-order valence-corrected chi connectivity index (χ1v) is 7.06. The molecule has 2 aromatic heterocycles. The maximum atomic E-state index is 12.2. The van der Waals surface area contributed by atoms with E-state index in [0.29, 0.717) is 12.4 Å². The van der Waals surface area contributed by atoms with Crippen molar-refractivity contribution in [2.45, 2.75) is 25.8 Å². The number of hydrogen-bond donors (Lipinski definition) is 1. The Bertz CT molecular complexity index is 635. The lowest BCUT2D eigenvalue weighted by molar-refractivity contribution is -0.125. The lowest BCUT2D eigenvalue weighted by Crippen LogP contribution is -2.31. The van der Waals surface area contributed by atoms with Gasteiger partial charge in [-0.2, -0.15) is 5.10 Å². The van der Waals surface area contributed by atoms with E-state index < -0.39 is 0 Å². The number of allylic oxidation sites excluding steroid dienone is 2. The van der Waals surface area contributed by atoms with Gasteiger partial charge in [-0.05, 0) is 25.3 Å². The SMILES string of the molecule is O=C(NCc1cccnc1-n1cncn1)[C@H]1CC=CCC1. The molecule has 21 heavy (non-hydrogen) atoms. The molecule has 0 saturated heterocycles. The van der Waals surface area contributed by atoms with Crippen LogP contribution in [0.25, 0.3) is 5.82 Å². The molecule has 1 amide bonds. The molecular formula is C15H17N5O. The lowest BCUT2D eigenvalue weighted by atomic mass is 9.93. The van der Waals surface area contributed by atoms with Crippen molar-refractivity contribution in [1.82, 2.24) is 25.1 Å². The van der Waals surface area contributed by atoms with Crippen LogP contribution in [-0.4, -0.2) is 25.7 Å². The van der Waals surface area contributed by atoms with Gasteiger partial charge in [0.1, 0.15) is 12.7 Å². The highest BCUT2D eigenvalue weighted by Gasteiger charge is 2.18. The van der Waals surface area contributed by atoms with E-state index in [9.17, 15) is 4.79 Å². The molecule has 108 valence electrons. The van der Waals surface area contributed by atoms with Crippen molar-refractivity contribution in [2.75, 3.05) is 0 Å². The minimum atomic E-state index is 0.0847. The van der Waals surface area contributed by atoms with Gasteiger partial charge >= 0.3 is 0 Å². The van der Waals surface area contributed by atoms with Crippen molar-refractivity contribution in [3.8, 4) is 5.82 Å². The molecule has 2 aromatic rings. The molecule has 0 aliphatic heterocycles. The van der Waals surface area contributed by atoms with E-state index in [0.717, 1.165) is 24.8 Å². The average Bonchev–Trinajstić information content (AvgIpc) is 3.08. The summed E-state index contributed by atoms with van der Waals surface area (Å²) in [4.78, 5) is 20.4. The number of nitrogens with zero attached hydrogens (tertiary/aromatic N) is 4. The molecule has 3 rings (SSSR count). The minimum Gasteiger partial charge on any atom is -0.352 e. The van der Waals surface area contributed by atoms with Gasteiger partial charge in [0, 0.05) is 24.2 Å². The van der Waals surface area contributed by atoms with Gasteiger partial charge in [-0.1, -0.05) is 18.2 Å². The Kier molecular flexibility index (Phi) is 4.04. The second-order valence-electron chi connectivity index (χ2n) is 5.03. The zero-order valence-electron chi connectivity index (χ0n) is 11.6. The van der Waals surface area contributed by atoms with E-state index in [1.807, 2.05) is 12.1 Å². The molecule has 1 atom stereocenters. The Morgan fingerprint density at radius 3 is 3.14 bits per heavy atom. The van der Waals surface area contributed by atoms with Gasteiger partial charge in [-0.25, -0.2) is 14.6 Å². The van der Waals surface area contributed by atoms with Gasteiger partial charge in [0.05, 0.1) is 0 Å². The van der Waals surface area contributed by atoms with Crippen LogP contribution in [0.3, 0.4) is 0 Å². The first-order chi connectivity index (χ1) is 10.3. The van der Waals surface area contributed by atoms with Gasteiger partial charge in [0.15, 0.2) is 5.82 Å². The van der Waals surface area contributed by atoms with Crippen molar-refractivity contribution in [3.63, 3.8) is 0 Å². The molecule has 0 unspecified atom stereocenters. The third kappa shape index (κ3) is 3.16. The molecule has 1 aliphatic carbocycles. The number of rotatable bonds is 4. The number of pyridine rings is 1. The fourth-order valence-electron chi connectivity index (χ4n) is 2.45. The van der Waals surface area contributed by atoms with Gasteiger partial charge in [0.2, 0.25) is 5.91 Å². The van der Waals surface area contributed by atoms with Crippen LogP contribution >= 0.6 is 0 Å². The van der Waals surface area contributed by atoms with Crippen LogP contribution in [-0.2, 0) is 11.3 Å². The number of amides is 1. The Hall–Kier alpha value is -2.50. The van der Waals surface area contributed by atoms with E-state index in [1.54, 1.807) is 17.2 Å². The Morgan fingerprint density at radius 2 is 2.38 bits per heavy atom. The van der Waals surface area contributed by atoms with Crippen LogP contribution < -0.4 is 5.32 Å². The summed E-state index contributed by atoms with van der Waals surface area (Å²) in [6.07, 6.45) is 11.7. The van der Waals surface area contributed by atoms with E-state index in [1.165, 1.54) is 6.33 Å². The highest BCUT2D eigenvalue weighted by molar-refractivity contribution is 5.79. The van der Waals surface area contributed by atoms with Gasteiger partial charge in [0.25, 0.3) is 0 Å². The Morgan fingerprint density at radius 1 is 1.43 bits per heavy atom. The quantitative estimate of drug-likeness (QED) is 0.866. The highest BCUT2D eigenvalue weighted by atomic mass is 16.1. The Balaban J connectivity index is 1.68. The number of hydrogen-bond acceptors (Lipinski definition) is 4. The fourth-order valence-corrected chi connectivity index (χ4v) is 2.45. The topological polar surface area (TPSA) is 72.7 Å². The summed E-state index contributed by atoms with van der Waals surface area (Å²) in [5, 5.41) is 7.08. The van der Waals surface area contributed by atoms with Crippen LogP contribution in [0.5, 0.6) is 0 Å². The number of nitrogens with one attached hydrogen (secondary N) is 1. The third-order valence-electron chi connectivity index (χ3n) is 3.60. The van der Waals surface area contributed by atoms with Crippen LogP contribution in [0.15, 0.2) is 43.1 Å². The zero-order chi connectivity index (χ0) is 14.5. The maximum Gasteiger partial charge on any atom is 0.223 e. The number of carbonyl (C=O) groups is 1. The molecule has 0 saturated carbocycles. The Labute approximate surface area is 122 Å². The first kappa shape index (κ1) is 13.5. The molecule has 0 fully saturated rings. The normalized spacial score (nSPS) is 17.6. The summed E-state index contributed by atoms with van der Waals surface area (Å²) in [7, 11) is 0.